The van der Waals surface area contributed by atoms with Crippen LogP contribution in [0.4, 0.5) is 0 Å². The van der Waals surface area contributed by atoms with Crippen molar-refractivity contribution in [3.63, 3.8) is 0 Å². The molecular weight excluding hydrogens is 192 g/mol. The number of carboxylic acids is 1. The minimum atomic E-state index is -2.21. The standard InChI is InChI=1S/C8H12O6/c9-3-4-1-8(14,7(12)13)2-5(10)6(4)11/h1,5-6,9-11,14H,2-3H2,(H,12,13)/t5-,6-,8+/m1/s1. The minimum Gasteiger partial charge on any atom is -0.479 e. The van der Waals surface area contributed by atoms with E-state index in [-0.39, 0.29) is 5.57 Å². The number of aliphatic carboxylic acids is 1. The highest BCUT2D eigenvalue weighted by molar-refractivity contribution is 5.80. The summed E-state index contributed by atoms with van der Waals surface area (Å²) >= 11 is 0. The molecule has 0 aromatic heterocycles. The summed E-state index contributed by atoms with van der Waals surface area (Å²) in [4.78, 5) is 10.6. The summed E-state index contributed by atoms with van der Waals surface area (Å²) in [6.45, 7) is -0.603. The summed E-state index contributed by atoms with van der Waals surface area (Å²) in [6.07, 6.45) is -2.33. The average Bonchev–Trinajstić information content (AvgIpc) is 2.11. The van der Waals surface area contributed by atoms with Gasteiger partial charge in [0.2, 0.25) is 0 Å². The lowest BCUT2D eigenvalue weighted by Gasteiger charge is -2.32. The van der Waals surface area contributed by atoms with Gasteiger partial charge in [0, 0.05) is 6.42 Å². The summed E-state index contributed by atoms with van der Waals surface area (Å²) in [5.41, 5.74) is -2.30. The Balaban J connectivity index is 3.04. The number of rotatable bonds is 2. The molecule has 3 atom stereocenters. The van der Waals surface area contributed by atoms with Crippen molar-refractivity contribution in [1.82, 2.24) is 0 Å². The van der Waals surface area contributed by atoms with Crippen molar-refractivity contribution >= 4 is 5.97 Å². The summed E-state index contributed by atoms with van der Waals surface area (Å²) in [5.74, 6) is -1.52. The van der Waals surface area contributed by atoms with Crippen LogP contribution in [0.25, 0.3) is 0 Å². The first-order chi connectivity index (χ1) is 6.40. The van der Waals surface area contributed by atoms with Crippen LogP contribution in [0, 0.1) is 0 Å². The van der Waals surface area contributed by atoms with Gasteiger partial charge in [0.15, 0.2) is 5.60 Å². The first kappa shape index (κ1) is 11.1. The second-order valence-electron chi connectivity index (χ2n) is 3.32. The van der Waals surface area contributed by atoms with Gasteiger partial charge in [-0.15, -0.1) is 0 Å². The maximum atomic E-state index is 10.6. The molecular formula is C8H12O6. The Morgan fingerprint density at radius 3 is 2.57 bits per heavy atom. The Morgan fingerprint density at radius 1 is 1.57 bits per heavy atom. The van der Waals surface area contributed by atoms with Gasteiger partial charge < -0.3 is 25.5 Å². The molecule has 1 aliphatic rings. The molecule has 0 bridgehead atoms. The maximum absolute atomic E-state index is 10.6. The van der Waals surface area contributed by atoms with Crippen LogP contribution in [0.15, 0.2) is 11.6 Å². The van der Waals surface area contributed by atoms with E-state index in [2.05, 4.69) is 0 Å². The van der Waals surface area contributed by atoms with E-state index in [9.17, 15) is 20.1 Å². The summed E-state index contributed by atoms with van der Waals surface area (Å²) < 4.78 is 0. The molecule has 0 amide bonds. The average molecular weight is 204 g/mol. The molecule has 0 saturated carbocycles. The monoisotopic (exact) mass is 204 g/mol. The van der Waals surface area contributed by atoms with E-state index in [0.29, 0.717) is 0 Å². The predicted octanol–water partition coefficient (Wildman–Crippen LogP) is -2.15. The van der Waals surface area contributed by atoms with Crippen molar-refractivity contribution in [3.8, 4) is 0 Å². The fraction of sp³-hybridized carbons (Fsp3) is 0.625. The van der Waals surface area contributed by atoms with Crippen molar-refractivity contribution in [3.05, 3.63) is 11.6 Å². The van der Waals surface area contributed by atoms with Gasteiger partial charge in [-0.1, -0.05) is 0 Å². The predicted molar refractivity (Wildman–Crippen MR) is 44.4 cm³/mol. The number of hydrogen-bond acceptors (Lipinski definition) is 5. The van der Waals surface area contributed by atoms with E-state index in [4.69, 9.17) is 10.2 Å². The highest BCUT2D eigenvalue weighted by atomic mass is 16.4. The SMILES string of the molecule is O=C(O)[C@]1(O)C=C(CO)[C@@H](O)[C@H](O)C1. The molecule has 14 heavy (non-hydrogen) atoms. The van der Waals surface area contributed by atoms with Gasteiger partial charge >= 0.3 is 5.97 Å². The molecule has 80 valence electrons. The molecule has 6 heteroatoms. The van der Waals surface area contributed by atoms with Crippen LogP contribution in [0.3, 0.4) is 0 Å². The van der Waals surface area contributed by atoms with Crippen LogP contribution < -0.4 is 0 Å². The Hall–Kier alpha value is -0.950. The van der Waals surface area contributed by atoms with Gasteiger partial charge in [0.25, 0.3) is 0 Å². The first-order valence-electron chi connectivity index (χ1n) is 4.05. The molecule has 0 saturated heterocycles. The third-order valence-corrected chi connectivity index (χ3v) is 2.24. The summed E-state index contributed by atoms with van der Waals surface area (Å²) in [6, 6.07) is 0. The molecule has 0 fully saturated rings. The van der Waals surface area contributed by atoms with Crippen molar-refractivity contribution in [1.29, 1.82) is 0 Å². The Labute approximate surface area is 79.7 Å². The van der Waals surface area contributed by atoms with Gasteiger partial charge in [-0.25, -0.2) is 4.79 Å². The Bertz CT molecular complexity index is 273. The smallest absolute Gasteiger partial charge is 0.339 e. The van der Waals surface area contributed by atoms with E-state index < -0.39 is 36.8 Å². The third kappa shape index (κ3) is 1.78. The highest BCUT2D eigenvalue weighted by Gasteiger charge is 2.43. The van der Waals surface area contributed by atoms with E-state index >= 15 is 0 Å². The van der Waals surface area contributed by atoms with Crippen molar-refractivity contribution in [2.24, 2.45) is 0 Å². The molecule has 0 unspecified atom stereocenters. The second-order valence-corrected chi connectivity index (χ2v) is 3.32. The van der Waals surface area contributed by atoms with Gasteiger partial charge in [-0.3, -0.25) is 0 Å². The summed E-state index contributed by atoms with van der Waals surface area (Å²) in [5, 5.41) is 45.4. The van der Waals surface area contributed by atoms with Crippen LogP contribution in [0.1, 0.15) is 6.42 Å². The fourth-order valence-electron chi connectivity index (χ4n) is 1.42. The van der Waals surface area contributed by atoms with Crippen molar-refractivity contribution in [2.75, 3.05) is 6.61 Å². The lowest BCUT2D eigenvalue weighted by atomic mass is 9.83. The van der Waals surface area contributed by atoms with Gasteiger partial charge in [-0.2, -0.15) is 0 Å². The number of aliphatic hydroxyl groups is 4. The third-order valence-electron chi connectivity index (χ3n) is 2.24. The van der Waals surface area contributed by atoms with E-state index in [0.717, 1.165) is 6.08 Å². The maximum Gasteiger partial charge on any atom is 0.339 e. The Morgan fingerprint density at radius 2 is 2.14 bits per heavy atom. The normalized spacial score (nSPS) is 37.9. The zero-order chi connectivity index (χ0) is 10.9. The molecule has 6 nitrogen and oxygen atoms in total. The van der Waals surface area contributed by atoms with E-state index in [1.54, 1.807) is 0 Å². The molecule has 0 aliphatic heterocycles. The van der Waals surface area contributed by atoms with Gasteiger partial charge in [0.05, 0.1) is 12.7 Å². The Kier molecular flexibility index (Phi) is 2.91. The van der Waals surface area contributed by atoms with Crippen LogP contribution >= 0.6 is 0 Å². The van der Waals surface area contributed by atoms with Gasteiger partial charge in [-0.05, 0) is 11.6 Å². The number of carboxylic acid groups (broad SMARTS) is 1. The quantitative estimate of drug-likeness (QED) is 0.327. The number of hydrogen-bond donors (Lipinski definition) is 5. The van der Waals surface area contributed by atoms with Crippen LogP contribution in [-0.4, -0.2) is 55.9 Å². The van der Waals surface area contributed by atoms with Crippen LogP contribution in [0.2, 0.25) is 0 Å². The molecule has 0 radical (unpaired) electrons. The fourth-order valence-corrected chi connectivity index (χ4v) is 1.42. The van der Waals surface area contributed by atoms with Crippen LogP contribution in [0.5, 0.6) is 0 Å². The van der Waals surface area contributed by atoms with E-state index in [1.807, 2.05) is 0 Å². The zero-order valence-corrected chi connectivity index (χ0v) is 7.29. The lowest BCUT2D eigenvalue weighted by Crippen LogP contribution is -2.48. The van der Waals surface area contributed by atoms with E-state index in [1.165, 1.54) is 0 Å². The molecule has 0 aromatic carbocycles. The van der Waals surface area contributed by atoms with Gasteiger partial charge in [0.1, 0.15) is 6.10 Å². The lowest BCUT2D eigenvalue weighted by molar-refractivity contribution is -0.158. The largest absolute Gasteiger partial charge is 0.479 e. The molecule has 0 spiro atoms. The minimum absolute atomic E-state index is 0.0892. The van der Waals surface area contributed by atoms with Crippen molar-refractivity contribution in [2.45, 2.75) is 24.2 Å². The molecule has 5 N–H and O–H groups in total. The molecule has 1 aliphatic carbocycles. The van der Waals surface area contributed by atoms with Crippen LogP contribution in [-0.2, 0) is 4.79 Å². The molecule has 0 heterocycles. The first-order valence-corrected chi connectivity index (χ1v) is 4.05. The second kappa shape index (κ2) is 3.66. The number of carbonyl (C=O) groups is 1. The number of aliphatic hydroxyl groups excluding tert-OH is 3. The molecule has 0 aromatic rings. The zero-order valence-electron chi connectivity index (χ0n) is 7.29. The van der Waals surface area contributed by atoms with Crippen molar-refractivity contribution < 1.29 is 30.3 Å². The topological polar surface area (TPSA) is 118 Å². The summed E-state index contributed by atoms with van der Waals surface area (Å²) in [7, 11) is 0. The highest BCUT2D eigenvalue weighted by Crippen LogP contribution is 2.27. The molecule has 1 rings (SSSR count).